The highest BCUT2D eigenvalue weighted by Crippen LogP contribution is 2.28. The van der Waals surface area contributed by atoms with Crippen molar-refractivity contribution in [1.29, 1.82) is 0 Å². The van der Waals surface area contributed by atoms with Gasteiger partial charge in [-0.05, 0) is 26.0 Å². The summed E-state index contributed by atoms with van der Waals surface area (Å²) in [5.41, 5.74) is 5.84. The highest BCUT2D eigenvalue weighted by molar-refractivity contribution is 5.39. The summed E-state index contributed by atoms with van der Waals surface area (Å²) in [6.45, 7) is 6.85. The fourth-order valence-electron chi connectivity index (χ4n) is 2.20. The number of benzene rings is 1. The van der Waals surface area contributed by atoms with Gasteiger partial charge in [-0.1, -0.05) is 12.1 Å². The van der Waals surface area contributed by atoms with Crippen molar-refractivity contribution in [2.45, 2.75) is 25.5 Å². The third-order valence-corrected chi connectivity index (χ3v) is 2.92. The Kier molecular flexibility index (Phi) is 3.78. The number of methoxy groups -OCH3 is 1. The molecule has 1 aliphatic heterocycles. The van der Waals surface area contributed by atoms with Gasteiger partial charge in [0.05, 0.1) is 7.11 Å². The Morgan fingerprint density at radius 3 is 2.44 bits per heavy atom. The molecular formula is C14H22N2O2. The Balaban J connectivity index is 1.83. The Bertz CT molecular complexity index is 395. The molecule has 2 N–H and O–H groups in total. The second-order valence-corrected chi connectivity index (χ2v) is 5.57. The maximum absolute atomic E-state index is 5.99. The summed E-state index contributed by atoms with van der Waals surface area (Å²) in [6, 6.07) is 7.75. The van der Waals surface area contributed by atoms with Crippen LogP contribution in [0.1, 0.15) is 13.8 Å². The molecule has 0 bridgehead atoms. The summed E-state index contributed by atoms with van der Waals surface area (Å²) in [7, 11) is 1.66. The second kappa shape index (κ2) is 5.16. The van der Waals surface area contributed by atoms with E-state index in [9.17, 15) is 0 Å². The van der Waals surface area contributed by atoms with Crippen LogP contribution >= 0.6 is 0 Å². The van der Waals surface area contributed by atoms with Crippen molar-refractivity contribution in [2.75, 3.05) is 26.7 Å². The molecule has 18 heavy (non-hydrogen) atoms. The minimum atomic E-state index is -0.143. The van der Waals surface area contributed by atoms with E-state index in [4.69, 9.17) is 15.2 Å². The normalized spacial score (nSPS) is 17.3. The van der Waals surface area contributed by atoms with Gasteiger partial charge < -0.3 is 15.2 Å². The molecule has 1 aromatic rings. The Hall–Kier alpha value is -1.26. The van der Waals surface area contributed by atoms with Gasteiger partial charge >= 0.3 is 0 Å². The van der Waals surface area contributed by atoms with E-state index in [2.05, 4.69) is 4.90 Å². The topological polar surface area (TPSA) is 47.7 Å². The fourth-order valence-corrected chi connectivity index (χ4v) is 2.20. The largest absolute Gasteiger partial charge is 0.493 e. The SMILES string of the molecule is COc1ccccc1OC1CN(CC(C)(C)N)C1. The predicted molar refractivity (Wildman–Crippen MR) is 72.1 cm³/mol. The zero-order valence-electron chi connectivity index (χ0n) is 11.3. The summed E-state index contributed by atoms with van der Waals surface area (Å²) in [5, 5.41) is 0. The van der Waals surface area contributed by atoms with Crippen LogP contribution in [0.4, 0.5) is 0 Å². The first kappa shape index (κ1) is 13.2. The van der Waals surface area contributed by atoms with E-state index in [1.165, 1.54) is 0 Å². The van der Waals surface area contributed by atoms with Crippen molar-refractivity contribution in [3.63, 3.8) is 0 Å². The molecule has 1 fully saturated rings. The van der Waals surface area contributed by atoms with Crippen molar-refractivity contribution in [3.8, 4) is 11.5 Å². The number of para-hydroxylation sites is 2. The molecule has 2 rings (SSSR count). The number of nitrogens with zero attached hydrogens (tertiary/aromatic N) is 1. The van der Waals surface area contributed by atoms with Gasteiger partial charge in [0.15, 0.2) is 11.5 Å². The third-order valence-electron chi connectivity index (χ3n) is 2.92. The van der Waals surface area contributed by atoms with Gasteiger partial charge in [-0.15, -0.1) is 0 Å². The lowest BCUT2D eigenvalue weighted by molar-refractivity contribution is 0.00838. The van der Waals surface area contributed by atoms with Gasteiger partial charge in [0.25, 0.3) is 0 Å². The summed E-state index contributed by atoms with van der Waals surface area (Å²) < 4.78 is 11.2. The number of ether oxygens (including phenoxy) is 2. The van der Waals surface area contributed by atoms with Crippen molar-refractivity contribution >= 4 is 0 Å². The van der Waals surface area contributed by atoms with E-state index in [0.29, 0.717) is 0 Å². The van der Waals surface area contributed by atoms with Gasteiger partial charge in [0.1, 0.15) is 6.10 Å². The third kappa shape index (κ3) is 3.37. The summed E-state index contributed by atoms with van der Waals surface area (Å²) in [6.07, 6.45) is 0.239. The molecule has 0 aromatic heterocycles. The first-order valence-electron chi connectivity index (χ1n) is 6.29. The average Bonchev–Trinajstić information content (AvgIpc) is 2.25. The van der Waals surface area contributed by atoms with Crippen LogP contribution in [0.15, 0.2) is 24.3 Å². The number of likely N-dealkylation sites (tertiary alicyclic amines) is 1. The number of hydrogen-bond donors (Lipinski definition) is 1. The van der Waals surface area contributed by atoms with Crippen molar-refractivity contribution in [1.82, 2.24) is 4.90 Å². The summed E-state index contributed by atoms with van der Waals surface area (Å²) in [4.78, 5) is 2.31. The maximum atomic E-state index is 5.99. The highest BCUT2D eigenvalue weighted by atomic mass is 16.5. The first-order valence-corrected chi connectivity index (χ1v) is 6.29. The molecule has 1 aromatic carbocycles. The van der Waals surface area contributed by atoms with Crippen molar-refractivity contribution in [3.05, 3.63) is 24.3 Å². The van der Waals surface area contributed by atoms with E-state index < -0.39 is 0 Å². The number of hydrogen-bond acceptors (Lipinski definition) is 4. The fraction of sp³-hybridized carbons (Fsp3) is 0.571. The lowest BCUT2D eigenvalue weighted by Crippen LogP contribution is -2.59. The Labute approximate surface area is 109 Å². The maximum Gasteiger partial charge on any atom is 0.161 e. The molecule has 4 heteroatoms. The molecule has 1 heterocycles. The summed E-state index contributed by atoms with van der Waals surface area (Å²) in [5.74, 6) is 1.60. The molecule has 1 saturated heterocycles. The van der Waals surface area contributed by atoms with Crippen LogP contribution in [-0.4, -0.2) is 43.3 Å². The zero-order chi connectivity index (χ0) is 13.2. The quantitative estimate of drug-likeness (QED) is 0.860. The van der Waals surface area contributed by atoms with E-state index >= 15 is 0 Å². The standard InChI is InChI=1S/C14H22N2O2/c1-14(2,15)10-16-8-11(9-16)18-13-7-5-4-6-12(13)17-3/h4-7,11H,8-10,15H2,1-3H3. The smallest absolute Gasteiger partial charge is 0.161 e. The predicted octanol–water partition coefficient (Wildman–Crippen LogP) is 1.50. The van der Waals surface area contributed by atoms with Crippen LogP contribution in [0.5, 0.6) is 11.5 Å². The molecule has 0 radical (unpaired) electrons. The molecule has 0 aliphatic carbocycles. The van der Waals surface area contributed by atoms with E-state index in [0.717, 1.165) is 31.1 Å². The van der Waals surface area contributed by atoms with Crippen LogP contribution in [-0.2, 0) is 0 Å². The number of rotatable bonds is 5. The molecule has 100 valence electrons. The van der Waals surface area contributed by atoms with Crippen LogP contribution in [0, 0.1) is 0 Å². The Morgan fingerprint density at radius 2 is 1.89 bits per heavy atom. The summed E-state index contributed by atoms with van der Waals surface area (Å²) >= 11 is 0. The van der Waals surface area contributed by atoms with Gasteiger partial charge in [-0.25, -0.2) is 0 Å². The van der Waals surface area contributed by atoms with Gasteiger partial charge in [-0.3, -0.25) is 4.90 Å². The molecule has 1 aliphatic rings. The van der Waals surface area contributed by atoms with Crippen molar-refractivity contribution in [2.24, 2.45) is 5.73 Å². The average molecular weight is 250 g/mol. The van der Waals surface area contributed by atoms with E-state index in [1.807, 2.05) is 38.1 Å². The van der Waals surface area contributed by atoms with Crippen LogP contribution in [0.3, 0.4) is 0 Å². The molecule has 0 unspecified atom stereocenters. The first-order chi connectivity index (χ1) is 8.48. The zero-order valence-corrected chi connectivity index (χ0v) is 11.3. The minimum absolute atomic E-state index is 0.143. The van der Waals surface area contributed by atoms with Gasteiger partial charge in [-0.2, -0.15) is 0 Å². The molecular weight excluding hydrogens is 228 g/mol. The van der Waals surface area contributed by atoms with Gasteiger partial charge in [0, 0.05) is 25.2 Å². The lowest BCUT2D eigenvalue weighted by atomic mass is 10.0. The van der Waals surface area contributed by atoms with Crippen LogP contribution in [0.2, 0.25) is 0 Å². The molecule has 4 nitrogen and oxygen atoms in total. The highest BCUT2D eigenvalue weighted by Gasteiger charge is 2.31. The minimum Gasteiger partial charge on any atom is -0.493 e. The molecule has 0 spiro atoms. The molecule has 0 amide bonds. The number of nitrogens with two attached hydrogens (primary N) is 1. The van der Waals surface area contributed by atoms with E-state index in [1.54, 1.807) is 7.11 Å². The molecule has 0 saturated carbocycles. The Morgan fingerprint density at radius 1 is 1.28 bits per heavy atom. The monoisotopic (exact) mass is 250 g/mol. The molecule has 0 atom stereocenters. The van der Waals surface area contributed by atoms with E-state index in [-0.39, 0.29) is 11.6 Å². The van der Waals surface area contributed by atoms with Gasteiger partial charge in [0.2, 0.25) is 0 Å². The van der Waals surface area contributed by atoms with Crippen LogP contribution < -0.4 is 15.2 Å². The van der Waals surface area contributed by atoms with Crippen LogP contribution in [0.25, 0.3) is 0 Å². The van der Waals surface area contributed by atoms with Crippen molar-refractivity contribution < 1.29 is 9.47 Å². The lowest BCUT2D eigenvalue weighted by Gasteiger charge is -2.42. The second-order valence-electron chi connectivity index (χ2n) is 5.57.